The van der Waals surface area contributed by atoms with Gasteiger partial charge >= 0.3 is 6.18 Å². The van der Waals surface area contributed by atoms with E-state index in [9.17, 15) is 18.0 Å². The monoisotopic (exact) mass is 515 g/mol. The van der Waals surface area contributed by atoms with E-state index >= 15 is 0 Å². The van der Waals surface area contributed by atoms with Crippen LogP contribution in [0.5, 0.6) is 0 Å². The molecule has 0 radical (unpaired) electrons. The molecule has 1 atom stereocenters. The molecule has 2 aromatic heterocycles. The van der Waals surface area contributed by atoms with Gasteiger partial charge in [0, 0.05) is 48.6 Å². The third-order valence-corrected chi connectivity index (χ3v) is 8.65. The standard InChI is InChI=1S/C26H28F3N5OS/c1-2-21-31-23(19-11-18(12-26(27,28)29)36-24(19)32-21)34-8-6-25(15-34)5-7-33(14-25)13-16-3-4-17-10-22(35)30-20(17)9-16/h3-4,9,11H,2,5-8,10,12-15H2,1H3,(H,30,35). The van der Waals surface area contributed by atoms with Gasteiger partial charge in [0.1, 0.15) is 16.5 Å². The van der Waals surface area contributed by atoms with Gasteiger partial charge in [0.25, 0.3) is 0 Å². The third-order valence-electron chi connectivity index (χ3n) is 7.62. The number of anilines is 2. The first-order valence-electron chi connectivity index (χ1n) is 12.4. The predicted molar refractivity (Wildman–Crippen MR) is 134 cm³/mol. The van der Waals surface area contributed by atoms with Gasteiger partial charge in [-0.3, -0.25) is 9.69 Å². The molecule has 6 rings (SSSR count). The van der Waals surface area contributed by atoms with Crippen molar-refractivity contribution in [1.29, 1.82) is 0 Å². The van der Waals surface area contributed by atoms with Crippen molar-refractivity contribution in [2.75, 3.05) is 36.4 Å². The Bertz CT molecular complexity index is 1340. The molecule has 3 aliphatic rings. The number of likely N-dealkylation sites (tertiary alicyclic amines) is 1. The van der Waals surface area contributed by atoms with Gasteiger partial charge in [-0.05, 0) is 42.6 Å². The Morgan fingerprint density at radius 2 is 1.97 bits per heavy atom. The summed E-state index contributed by atoms with van der Waals surface area (Å²) in [5.41, 5.74) is 3.34. The molecule has 0 aliphatic carbocycles. The third kappa shape index (κ3) is 4.56. The van der Waals surface area contributed by atoms with E-state index in [0.717, 1.165) is 79.4 Å². The molecule has 36 heavy (non-hydrogen) atoms. The number of carbonyl (C=O) groups is 1. The summed E-state index contributed by atoms with van der Waals surface area (Å²) < 4.78 is 39.1. The van der Waals surface area contributed by atoms with Gasteiger partial charge in [-0.15, -0.1) is 11.3 Å². The van der Waals surface area contributed by atoms with Crippen molar-refractivity contribution in [3.8, 4) is 0 Å². The maximum atomic E-state index is 13.0. The molecule has 2 fully saturated rings. The Morgan fingerprint density at radius 1 is 1.14 bits per heavy atom. The number of hydrogen-bond acceptors (Lipinski definition) is 6. The second-order valence-electron chi connectivity index (χ2n) is 10.4. The van der Waals surface area contributed by atoms with Crippen LogP contribution in [0.1, 0.15) is 41.6 Å². The molecule has 1 N–H and O–H groups in total. The number of nitrogens with one attached hydrogen (secondary N) is 1. The molecule has 190 valence electrons. The first kappa shape index (κ1) is 23.7. The molecule has 6 nitrogen and oxygen atoms in total. The Hall–Kier alpha value is -2.72. The average Bonchev–Trinajstić information content (AvgIpc) is 3.58. The minimum absolute atomic E-state index is 0.0505. The first-order chi connectivity index (χ1) is 17.2. The van der Waals surface area contributed by atoms with E-state index in [0.29, 0.717) is 23.5 Å². The molecular weight excluding hydrogens is 487 g/mol. The number of aromatic nitrogens is 2. The Kier molecular flexibility index (Phi) is 5.71. The van der Waals surface area contributed by atoms with Crippen LogP contribution >= 0.6 is 11.3 Å². The van der Waals surface area contributed by atoms with Crippen molar-refractivity contribution in [3.63, 3.8) is 0 Å². The summed E-state index contributed by atoms with van der Waals surface area (Å²) >= 11 is 1.13. The van der Waals surface area contributed by atoms with Crippen LogP contribution in [0.2, 0.25) is 0 Å². The van der Waals surface area contributed by atoms with Gasteiger partial charge < -0.3 is 10.2 Å². The number of carbonyl (C=O) groups excluding carboxylic acids is 1. The van der Waals surface area contributed by atoms with E-state index < -0.39 is 12.6 Å². The van der Waals surface area contributed by atoms with Crippen LogP contribution in [0.25, 0.3) is 10.2 Å². The van der Waals surface area contributed by atoms with Crippen LogP contribution in [0, 0.1) is 5.41 Å². The molecule has 0 bridgehead atoms. The summed E-state index contributed by atoms with van der Waals surface area (Å²) in [4.78, 5) is 26.7. The van der Waals surface area contributed by atoms with Crippen molar-refractivity contribution in [3.05, 3.63) is 46.1 Å². The molecule has 1 spiro atoms. The van der Waals surface area contributed by atoms with Crippen LogP contribution in [-0.2, 0) is 30.6 Å². The number of aryl methyl sites for hydroxylation is 1. The SMILES string of the molecule is CCc1nc(N2CCC3(CCN(Cc4ccc5c(c4)NC(=O)C5)C3)C2)c2cc(CC(F)(F)F)sc2n1. The summed E-state index contributed by atoms with van der Waals surface area (Å²) in [5, 5.41) is 3.67. The van der Waals surface area contributed by atoms with E-state index in [1.165, 1.54) is 5.56 Å². The number of nitrogens with zero attached hydrogens (tertiary/aromatic N) is 4. The number of fused-ring (bicyclic) bond motifs is 2. The summed E-state index contributed by atoms with van der Waals surface area (Å²) in [6.45, 7) is 6.49. The molecule has 3 aromatic rings. The van der Waals surface area contributed by atoms with Crippen LogP contribution in [-0.4, -0.2) is 53.1 Å². The van der Waals surface area contributed by atoms with Gasteiger partial charge in [-0.2, -0.15) is 13.2 Å². The van der Waals surface area contributed by atoms with Crippen LogP contribution in [0.15, 0.2) is 24.3 Å². The molecule has 3 aliphatic heterocycles. The number of rotatable bonds is 5. The van der Waals surface area contributed by atoms with Gasteiger partial charge in [0.15, 0.2) is 0 Å². The molecule has 0 saturated carbocycles. The van der Waals surface area contributed by atoms with E-state index in [1.807, 2.05) is 13.0 Å². The zero-order chi connectivity index (χ0) is 25.1. The number of alkyl halides is 3. The van der Waals surface area contributed by atoms with Crippen molar-refractivity contribution in [2.45, 2.75) is 51.7 Å². The number of halogens is 3. The smallest absolute Gasteiger partial charge is 0.355 e. The molecule has 1 unspecified atom stereocenters. The minimum Gasteiger partial charge on any atom is -0.355 e. The molecule has 2 saturated heterocycles. The van der Waals surface area contributed by atoms with Gasteiger partial charge in [0.2, 0.25) is 5.91 Å². The van der Waals surface area contributed by atoms with Crippen molar-refractivity contribution in [2.24, 2.45) is 5.41 Å². The number of hydrogen-bond donors (Lipinski definition) is 1. The molecule has 1 amide bonds. The lowest BCUT2D eigenvalue weighted by molar-refractivity contribution is -0.126. The van der Waals surface area contributed by atoms with Crippen molar-refractivity contribution >= 4 is 39.0 Å². The van der Waals surface area contributed by atoms with E-state index in [2.05, 4.69) is 32.2 Å². The van der Waals surface area contributed by atoms with Crippen molar-refractivity contribution < 1.29 is 18.0 Å². The molecule has 10 heteroatoms. The number of benzene rings is 1. The van der Waals surface area contributed by atoms with Gasteiger partial charge in [-0.25, -0.2) is 9.97 Å². The fourth-order valence-corrected chi connectivity index (χ4v) is 6.99. The second-order valence-corrected chi connectivity index (χ2v) is 11.5. The number of thiophene rings is 1. The predicted octanol–water partition coefficient (Wildman–Crippen LogP) is 4.96. The summed E-state index contributed by atoms with van der Waals surface area (Å²) in [6.07, 6.45) is -1.95. The molecular formula is C26H28F3N5OS. The average molecular weight is 516 g/mol. The number of amides is 1. The zero-order valence-corrected chi connectivity index (χ0v) is 20.9. The van der Waals surface area contributed by atoms with E-state index in [4.69, 9.17) is 4.98 Å². The fraction of sp³-hybridized carbons (Fsp3) is 0.500. The van der Waals surface area contributed by atoms with Crippen LogP contribution < -0.4 is 10.2 Å². The molecule has 5 heterocycles. The van der Waals surface area contributed by atoms with Gasteiger partial charge in [0.05, 0.1) is 18.2 Å². The second kappa shape index (κ2) is 8.69. The lowest BCUT2D eigenvalue weighted by Gasteiger charge is -2.26. The maximum Gasteiger partial charge on any atom is 0.393 e. The van der Waals surface area contributed by atoms with E-state index in [1.54, 1.807) is 6.07 Å². The normalized spacial score (nSPS) is 22.2. The Balaban J connectivity index is 1.19. The highest BCUT2D eigenvalue weighted by Gasteiger charge is 2.44. The highest BCUT2D eigenvalue weighted by Crippen LogP contribution is 2.43. The minimum atomic E-state index is -4.24. The summed E-state index contributed by atoms with van der Waals surface area (Å²) in [5.74, 6) is 1.51. The quantitative estimate of drug-likeness (QED) is 0.521. The van der Waals surface area contributed by atoms with Crippen molar-refractivity contribution in [1.82, 2.24) is 14.9 Å². The zero-order valence-electron chi connectivity index (χ0n) is 20.1. The van der Waals surface area contributed by atoms with Gasteiger partial charge in [-0.1, -0.05) is 19.1 Å². The fourth-order valence-electron chi connectivity index (χ4n) is 5.91. The summed E-state index contributed by atoms with van der Waals surface area (Å²) in [7, 11) is 0. The lowest BCUT2D eigenvalue weighted by atomic mass is 9.86. The van der Waals surface area contributed by atoms with Crippen LogP contribution in [0.3, 0.4) is 0 Å². The highest BCUT2D eigenvalue weighted by molar-refractivity contribution is 7.18. The lowest BCUT2D eigenvalue weighted by Crippen LogP contribution is -2.31. The first-order valence-corrected chi connectivity index (χ1v) is 13.3. The van der Waals surface area contributed by atoms with E-state index in [-0.39, 0.29) is 16.2 Å². The highest BCUT2D eigenvalue weighted by atomic mass is 32.1. The summed E-state index contributed by atoms with van der Waals surface area (Å²) in [6, 6.07) is 7.89. The topological polar surface area (TPSA) is 61.4 Å². The Morgan fingerprint density at radius 3 is 2.78 bits per heavy atom. The largest absolute Gasteiger partial charge is 0.393 e. The Labute approximate surface area is 211 Å². The molecule has 1 aromatic carbocycles. The van der Waals surface area contributed by atoms with Crippen LogP contribution in [0.4, 0.5) is 24.7 Å². The maximum absolute atomic E-state index is 13.0.